The van der Waals surface area contributed by atoms with E-state index in [1.807, 2.05) is 54.6 Å². The maximum atomic E-state index is 13.3. The molecule has 0 spiro atoms. The predicted molar refractivity (Wildman–Crippen MR) is 145 cm³/mol. The molecule has 1 atom stereocenters. The summed E-state index contributed by atoms with van der Waals surface area (Å²) in [5.74, 6) is 0.436. The maximum Gasteiger partial charge on any atom is 0.333 e. The average molecular weight is 509 g/mol. The van der Waals surface area contributed by atoms with E-state index in [2.05, 4.69) is 29.2 Å². The number of amidine groups is 2. The minimum Gasteiger partial charge on any atom is -0.290 e. The number of hydrogen-bond donors (Lipinski definition) is 0. The Hall–Kier alpha value is -4.43. The number of benzene rings is 3. The zero-order chi connectivity index (χ0) is 26.6. The van der Waals surface area contributed by atoms with Crippen LogP contribution in [0.3, 0.4) is 0 Å². The molecule has 5 rings (SSSR count). The first kappa shape index (κ1) is 25.2. The van der Waals surface area contributed by atoms with Crippen LogP contribution in [0.4, 0.5) is 4.79 Å². The van der Waals surface area contributed by atoms with Gasteiger partial charge in [0, 0.05) is 32.7 Å². The largest absolute Gasteiger partial charge is 0.333 e. The molecule has 0 saturated carbocycles. The molecule has 8 heteroatoms. The number of fused-ring (bicyclic) bond motifs is 1. The Morgan fingerprint density at radius 3 is 1.87 bits per heavy atom. The van der Waals surface area contributed by atoms with Crippen LogP contribution in [-0.4, -0.2) is 81.9 Å². The van der Waals surface area contributed by atoms with Crippen LogP contribution in [0.1, 0.15) is 21.5 Å². The highest BCUT2D eigenvalue weighted by atomic mass is 16.2. The number of ketones is 1. The zero-order valence-electron chi connectivity index (χ0n) is 21.5. The second-order valence-corrected chi connectivity index (χ2v) is 9.56. The fourth-order valence-electron chi connectivity index (χ4n) is 4.88. The van der Waals surface area contributed by atoms with Crippen molar-refractivity contribution in [1.82, 2.24) is 14.7 Å². The molecule has 8 nitrogen and oxygen atoms in total. The highest BCUT2D eigenvalue weighted by Crippen LogP contribution is 2.21. The third kappa shape index (κ3) is 5.17. The molecule has 1 unspecified atom stereocenters. The van der Waals surface area contributed by atoms with Crippen molar-refractivity contribution in [3.8, 4) is 0 Å². The summed E-state index contributed by atoms with van der Waals surface area (Å²) in [7, 11) is 3.08. The molecule has 192 valence electrons. The molecule has 1 saturated heterocycles. The van der Waals surface area contributed by atoms with Crippen molar-refractivity contribution < 1.29 is 19.0 Å². The van der Waals surface area contributed by atoms with Gasteiger partial charge in [0.05, 0.1) is 0 Å². The molecular formula is C30H30N5O3+. The first-order valence-corrected chi connectivity index (χ1v) is 12.6. The lowest BCUT2D eigenvalue weighted by molar-refractivity contribution is -0.523. The summed E-state index contributed by atoms with van der Waals surface area (Å²) in [6, 6.07) is 28.0. The summed E-state index contributed by atoms with van der Waals surface area (Å²) in [4.78, 5) is 48.8. The van der Waals surface area contributed by atoms with E-state index in [0.717, 1.165) is 16.0 Å². The molecule has 2 aliphatic rings. The minimum atomic E-state index is -0.833. The van der Waals surface area contributed by atoms with Gasteiger partial charge in [0.1, 0.15) is 13.1 Å². The summed E-state index contributed by atoms with van der Waals surface area (Å²) in [6.07, 6.45) is 0. The van der Waals surface area contributed by atoms with Crippen molar-refractivity contribution in [3.63, 3.8) is 0 Å². The number of Topliss-reactive ketones (excluding diaryl/α,β-unsaturated/α-hetero) is 1. The lowest BCUT2D eigenvalue weighted by atomic mass is 10.1. The molecule has 2 heterocycles. The summed E-state index contributed by atoms with van der Waals surface area (Å²) < 4.78 is 1.76. The first-order valence-electron chi connectivity index (χ1n) is 12.6. The molecule has 0 N–H and O–H groups in total. The number of aliphatic imine (C=N–C) groups is 1. The Kier molecular flexibility index (Phi) is 7.24. The normalized spacial score (nSPS) is 17.2. The molecule has 3 aromatic rings. The number of likely N-dealkylation sites (N-methyl/N-ethyl adjacent to an activating group) is 2. The molecule has 0 aromatic heterocycles. The fraction of sp³-hybridized carbons (Fsp3) is 0.233. The van der Waals surface area contributed by atoms with E-state index in [1.165, 1.54) is 11.9 Å². The number of urea groups is 1. The van der Waals surface area contributed by atoms with Crippen molar-refractivity contribution in [3.05, 3.63) is 108 Å². The predicted octanol–water partition coefficient (Wildman–Crippen LogP) is 3.29. The van der Waals surface area contributed by atoms with Gasteiger partial charge in [-0.15, -0.1) is 0 Å². The number of imide groups is 1. The molecule has 2 aliphatic heterocycles. The SMILES string of the molecule is CN1C(=O)C2C(=NC(CN(Cc3ccccc3)Cc3ccccc3)=[N+]2CC(=O)c2ccccc2)N(C)C1=O. The quantitative estimate of drug-likeness (QED) is 0.328. The van der Waals surface area contributed by atoms with Crippen molar-refractivity contribution in [1.29, 1.82) is 0 Å². The molecular weight excluding hydrogens is 478 g/mol. The Bertz CT molecular complexity index is 1360. The third-order valence-corrected chi connectivity index (χ3v) is 6.89. The van der Waals surface area contributed by atoms with E-state index in [9.17, 15) is 14.4 Å². The Labute approximate surface area is 222 Å². The third-order valence-electron chi connectivity index (χ3n) is 6.89. The van der Waals surface area contributed by atoms with Gasteiger partial charge in [-0.05, 0) is 16.1 Å². The van der Waals surface area contributed by atoms with Crippen LogP contribution in [-0.2, 0) is 17.9 Å². The van der Waals surface area contributed by atoms with E-state index < -0.39 is 12.1 Å². The standard InChI is InChI=1S/C30H30N5O3/c1-32-28-27(29(37)33(2)30(32)38)35(20-25(36)24-16-10-5-11-17-24)26(31-28)21-34(18-22-12-6-3-7-13-22)19-23-14-8-4-9-15-23/h3-17,27H,18-21H2,1-2H3/q+1. The lowest BCUT2D eigenvalue weighted by Gasteiger charge is -2.30. The van der Waals surface area contributed by atoms with Crippen LogP contribution in [0, 0.1) is 0 Å². The molecule has 0 bridgehead atoms. The van der Waals surface area contributed by atoms with Crippen LogP contribution in [0.5, 0.6) is 0 Å². The Morgan fingerprint density at radius 2 is 1.32 bits per heavy atom. The van der Waals surface area contributed by atoms with E-state index >= 15 is 0 Å². The molecule has 1 fully saturated rings. The van der Waals surface area contributed by atoms with Crippen LogP contribution in [0.2, 0.25) is 0 Å². The van der Waals surface area contributed by atoms with Gasteiger partial charge in [0.15, 0.2) is 0 Å². The summed E-state index contributed by atoms with van der Waals surface area (Å²) in [5.41, 5.74) is 2.84. The van der Waals surface area contributed by atoms with Crippen LogP contribution < -0.4 is 0 Å². The number of carbonyl (C=O) groups is 3. The molecule has 3 aromatic carbocycles. The maximum absolute atomic E-state index is 13.3. The molecule has 38 heavy (non-hydrogen) atoms. The number of carbonyl (C=O) groups excluding carboxylic acids is 3. The number of nitrogens with zero attached hydrogens (tertiary/aromatic N) is 5. The zero-order valence-corrected chi connectivity index (χ0v) is 21.5. The smallest absolute Gasteiger partial charge is 0.290 e. The topological polar surface area (TPSA) is 76.3 Å². The monoisotopic (exact) mass is 508 g/mol. The van der Waals surface area contributed by atoms with Gasteiger partial charge in [0.25, 0.3) is 17.8 Å². The van der Waals surface area contributed by atoms with Crippen LogP contribution in [0.15, 0.2) is 96.0 Å². The Balaban J connectivity index is 1.52. The molecule has 3 amide bonds. The van der Waals surface area contributed by atoms with Gasteiger partial charge in [-0.25, -0.2) is 9.37 Å². The van der Waals surface area contributed by atoms with Gasteiger partial charge in [0.2, 0.25) is 5.78 Å². The van der Waals surface area contributed by atoms with E-state index in [4.69, 9.17) is 4.99 Å². The molecule has 0 aliphatic carbocycles. The highest BCUT2D eigenvalue weighted by Gasteiger charge is 2.53. The van der Waals surface area contributed by atoms with Crippen molar-refractivity contribution in [2.75, 3.05) is 27.2 Å². The minimum absolute atomic E-state index is 0.0247. The number of rotatable bonds is 9. The van der Waals surface area contributed by atoms with Crippen LogP contribution in [0.25, 0.3) is 0 Å². The van der Waals surface area contributed by atoms with E-state index in [0.29, 0.717) is 36.9 Å². The van der Waals surface area contributed by atoms with Crippen LogP contribution >= 0.6 is 0 Å². The van der Waals surface area contributed by atoms with Gasteiger partial charge in [-0.1, -0.05) is 91.0 Å². The second-order valence-electron chi connectivity index (χ2n) is 9.56. The van der Waals surface area contributed by atoms with E-state index in [-0.39, 0.29) is 18.2 Å². The summed E-state index contributed by atoms with van der Waals surface area (Å²) in [5, 5.41) is 0. The second kappa shape index (κ2) is 10.9. The van der Waals surface area contributed by atoms with Crippen molar-refractivity contribution >= 4 is 29.4 Å². The van der Waals surface area contributed by atoms with Gasteiger partial charge >= 0.3 is 11.9 Å². The number of hydrogen-bond acceptors (Lipinski definition) is 5. The lowest BCUT2D eigenvalue weighted by Crippen LogP contribution is -2.62. The summed E-state index contributed by atoms with van der Waals surface area (Å²) in [6.45, 7) is 1.67. The van der Waals surface area contributed by atoms with E-state index in [1.54, 1.807) is 23.8 Å². The van der Waals surface area contributed by atoms with Crippen molar-refractivity contribution in [2.24, 2.45) is 4.99 Å². The fourth-order valence-corrected chi connectivity index (χ4v) is 4.88. The molecule has 0 radical (unpaired) electrons. The van der Waals surface area contributed by atoms with Gasteiger partial charge < -0.3 is 0 Å². The highest BCUT2D eigenvalue weighted by molar-refractivity contribution is 6.23. The summed E-state index contributed by atoms with van der Waals surface area (Å²) >= 11 is 0. The average Bonchev–Trinajstić information content (AvgIpc) is 3.29. The van der Waals surface area contributed by atoms with Gasteiger partial charge in [-0.2, -0.15) is 0 Å². The first-order chi connectivity index (χ1) is 18.4. The number of amides is 3. The van der Waals surface area contributed by atoms with Gasteiger partial charge in [-0.3, -0.25) is 24.3 Å². The Morgan fingerprint density at radius 1 is 0.789 bits per heavy atom. The van der Waals surface area contributed by atoms with Crippen molar-refractivity contribution in [2.45, 2.75) is 19.1 Å².